The lowest BCUT2D eigenvalue weighted by molar-refractivity contribution is -0.159. The molecule has 0 aliphatic carbocycles. The van der Waals surface area contributed by atoms with Gasteiger partial charge in [0.1, 0.15) is 5.92 Å². The third-order valence-corrected chi connectivity index (χ3v) is 2.30. The van der Waals surface area contributed by atoms with E-state index in [1.54, 1.807) is 34.6 Å². The van der Waals surface area contributed by atoms with Crippen molar-refractivity contribution < 1.29 is 23.9 Å². The van der Waals surface area contributed by atoms with Crippen molar-refractivity contribution in [3.8, 4) is 0 Å². The van der Waals surface area contributed by atoms with Crippen LogP contribution in [-0.4, -0.2) is 30.9 Å². The van der Waals surface area contributed by atoms with Crippen LogP contribution >= 0.6 is 0 Å². The lowest BCUT2D eigenvalue weighted by Gasteiger charge is -2.22. The molecule has 0 rings (SSSR count). The Labute approximate surface area is 108 Å². The molecule has 0 aromatic carbocycles. The number of carbonyl (C=O) groups excluding carboxylic acids is 3. The van der Waals surface area contributed by atoms with Gasteiger partial charge in [-0.3, -0.25) is 14.4 Å². The molecule has 18 heavy (non-hydrogen) atoms. The first kappa shape index (κ1) is 16.6. The highest BCUT2D eigenvalue weighted by Crippen LogP contribution is 2.23. The molecule has 104 valence electrons. The van der Waals surface area contributed by atoms with Crippen molar-refractivity contribution in [1.82, 2.24) is 0 Å². The molecule has 0 spiro atoms. The summed E-state index contributed by atoms with van der Waals surface area (Å²) in [6.07, 6.45) is -0.261. The summed E-state index contributed by atoms with van der Waals surface area (Å²) in [4.78, 5) is 35.2. The predicted molar refractivity (Wildman–Crippen MR) is 65.8 cm³/mol. The van der Waals surface area contributed by atoms with E-state index < -0.39 is 23.3 Å². The maximum absolute atomic E-state index is 12.1. The van der Waals surface area contributed by atoms with Crippen LogP contribution in [0.4, 0.5) is 0 Å². The summed E-state index contributed by atoms with van der Waals surface area (Å²) in [5.41, 5.74) is -0.704. The second-order valence-corrected chi connectivity index (χ2v) is 4.93. The minimum absolute atomic E-state index is 0.176. The maximum Gasteiger partial charge on any atom is 0.317 e. The first-order valence-corrected chi connectivity index (χ1v) is 6.10. The summed E-state index contributed by atoms with van der Waals surface area (Å²) in [5.74, 6) is -2.61. The predicted octanol–water partition coefficient (Wildman–Crippen LogP) is 1.73. The highest BCUT2D eigenvalue weighted by molar-refractivity contribution is 6.03. The minimum atomic E-state index is -1.08. The second-order valence-electron chi connectivity index (χ2n) is 4.93. The van der Waals surface area contributed by atoms with Crippen molar-refractivity contribution in [3.63, 3.8) is 0 Å². The van der Waals surface area contributed by atoms with Gasteiger partial charge in [-0.1, -0.05) is 20.8 Å². The Morgan fingerprint density at radius 2 is 1.50 bits per heavy atom. The van der Waals surface area contributed by atoms with E-state index in [1.807, 2.05) is 0 Å². The Bertz CT molecular complexity index is 314. The van der Waals surface area contributed by atoms with E-state index in [9.17, 15) is 14.4 Å². The van der Waals surface area contributed by atoms with Crippen LogP contribution in [0.1, 0.15) is 41.0 Å². The quantitative estimate of drug-likeness (QED) is 0.536. The van der Waals surface area contributed by atoms with Gasteiger partial charge in [0.2, 0.25) is 0 Å². The molecule has 0 heterocycles. The highest BCUT2D eigenvalue weighted by Gasteiger charge is 2.37. The van der Waals surface area contributed by atoms with Gasteiger partial charge in [0.15, 0.2) is 5.78 Å². The van der Waals surface area contributed by atoms with Gasteiger partial charge in [-0.25, -0.2) is 0 Å². The lowest BCUT2D eigenvalue weighted by atomic mass is 9.81. The molecule has 5 nitrogen and oxygen atoms in total. The zero-order chi connectivity index (χ0) is 14.3. The number of hydrogen-bond acceptors (Lipinski definition) is 5. The average molecular weight is 258 g/mol. The second kappa shape index (κ2) is 7.13. The zero-order valence-electron chi connectivity index (χ0n) is 11.7. The number of carbonyl (C=O) groups is 3. The molecular weight excluding hydrogens is 236 g/mol. The summed E-state index contributed by atoms with van der Waals surface area (Å²) in [5, 5.41) is 0. The first-order valence-electron chi connectivity index (χ1n) is 6.10. The van der Waals surface area contributed by atoms with E-state index in [2.05, 4.69) is 0 Å². The normalized spacial score (nSPS) is 12.7. The molecule has 0 aromatic rings. The third-order valence-electron chi connectivity index (χ3n) is 2.30. The molecule has 1 unspecified atom stereocenters. The van der Waals surface area contributed by atoms with Crippen molar-refractivity contribution in [1.29, 1.82) is 0 Å². The number of rotatable bonds is 6. The van der Waals surface area contributed by atoms with Gasteiger partial charge in [0.25, 0.3) is 0 Å². The van der Waals surface area contributed by atoms with Crippen molar-refractivity contribution in [2.45, 2.75) is 41.0 Å². The Morgan fingerprint density at radius 3 is 1.89 bits per heavy atom. The Balaban J connectivity index is 4.89. The van der Waals surface area contributed by atoms with Crippen LogP contribution in [0, 0.1) is 11.3 Å². The smallest absolute Gasteiger partial charge is 0.317 e. The molecule has 1 atom stereocenters. The van der Waals surface area contributed by atoms with Crippen LogP contribution in [0.2, 0.25) is 0 Å². The van der Waals surface area contributed by atoms with Gasteiger partial charge in [-0.05, 0) is 13.8 Å². The Kier molecular flexibility index (Phi) is 6.58. The largest absolute Gasteiger partial charge is 0.466 e. The van der Waals surface area contributed by atoms with Crippen molar-refractivity contribution in [2.75, 3.05) is 13.2 Å². The van der Waals surface area contributed by atoms with Gasteiger partial charge in [0.05, 0.1) is 19.6 Å². The van der Waals surface area contributed by atoms with E-state index in [-0.39, 0.29) is 25.4 Å². The molecule has 0 saturated carbocycles. The molecule has 0 aliphatic heterocycles. The molecular formula is C13H22O5. The number of esters is 2. The SMILES string of the molecule is CCOC(=O)CC(C(=O)OCC)C(=O)C(C)(C)C. The van der Waals surface area contributed by atoms with E-state index in [1.165, 1.54) is 0 Å². The topological polar surface area (TPSA) is 69.7 Å². The van der Waals surface area contributed by atoms with Crippen LogP contribution in [0.5, 0.6) is 0 Å². The van der Waals surface area contributed by atoms with E-state index in [4.69, 9.17) is 9.47 Å². The summed E-state index contributed by atoms with van der Waals surface area (Å²) >= 11 is 0. The summed E-state index contributed by atoms with van der Waals surface area (Å²) in [6.45, 7) is 8.82. The van der Waals surface area contributed by atoms with E-state index in [0.29, 0.717) is 0 Å². The molecule has 0 radical (unpaired) electrons. The van der Waals surface area contributed by atoms with Crippen molar-refractivity contribution in [2.24, 2.45) is 11.3 Å². The molecule has 5 heteroatoms. The third kappa shape index (κ3) is 5.29. The molecule has 0 N–H and O–H groups in total. The number of ketones is 1. The van der Waals surface area contributed by atoms with Crippen LogP contribution in [0.15, 0.2) is 0 Å². The van der Waals surface area contributed by atoms with Crippen LogP contribution < -0.4 is 0 Å². The average Bonchev–Trinajstić information content (AvgIpc) is 2.24. The van der Waals surface area contributed by atoms with Gasteiger partial charge in [-0.15, -0.1) is 0 Å². The number of Topliss-reactive ketones (excluding diaryl/α,β-unsaturated/α-hetero) is 1. The highest BCUT2D eigenvalue weighted by atomic mass is 16.5. The Hall–Kier alpha value is -1.39. The van der Waals surface area contributed by atoms with Gasteiger partial charge >= 0.3 is 11.9 Å². The molecule has 0 saturated heterocycles. The lowest BCUT2D eigenvalue weighted by Crippen LogP contribution is -2.36. The maximum atomic E-state index is 12.1. The monoisotopic (exact) mass is 258 g/mol. The summed E-state index contributed by atoms with van der Waals surface area (Å²) in [6, 6.07) is 0. The fourth-order valence-electron chi connectivity index (χ4n) is 1.44. The minimum Gasteiger partial charge on any atom is -0.466 e. The van der Waals surface area contributed by atoms with Crippen molar-refractivity contribution >= 4 is 17.7 Å². The molecule has 0 fully saturated rings. The first-order chi connectivity index (χ1) is 8.23. The number of hydrogen-bond donors (Lipinski definition) is 0. The van der Waals surface area contributed by atoms with E-state index >= 15 is 0 Å². The standard InChI is InChI=1S/C13H22O5/c1-6-17-10(14)8-9(12(16)18-7-2)11(15)13(3,4)5/h9H,6-8H2,1-5H3. The molecule has 0 aliphatic rings. The number of ether oxygens (including phenoxy) is 2. The van der Waals surface area contributed by atoms with Crippen molar-refractivity contribution in [3.05, 3.63) is 0 Å². The summed E-state index contributed by atoms with van der Waals surface area (Å²) < 4.78 is 9.60. The molecule has 0 aromatic heterocycles. The Morgan fingerprint density at radius 1 is 1.00 bits per heavy atom. The van der Waals surface area contributed by atoms with Gasteiger partial charge in [0, 0.05) is 5.41 Å². The molecule has 0 bridgehead atoms. The molecule has 0 amide bonds. The van der Waals surface area contributed by atoms with Crippen LogP contribution in [-0.2, 0) is 23.9 Å². The zero-order valence-corrected chi connectivity index (χ0v) is 11.7. The summed E-state index contributed by atoms with van der Waals surface area (Å²) in [7, 11) is 0. The van der Waals surface area contributed by atoms with Crippen LogP contribution in [0.3, 0.4) is 0 Å². The van der Waals surface area contributed by atoms with Gasteiger partial charge in [-0.2, -0.15) is 0 Å². The fourth-order valence-corrected chi connectivity index (χ4v) is 1.44. The van der Waals surface area contributed by atoms with E-state index in [0.717, 1.165) is 0 Å². The van der Waals surface area contributed by atoms with Gasteiger partial charge < -0.3 is 9.47 Å². The fraction of sp³-hybridized carbons (Fsp3) is 0.769. The van der Waals surface area contributed by atoms with Crippen LogP contribution in [0.25, 0.3) is 0 Å².